The Morgan fingerprint density at radius 1 is 1.03 bits per heavy atom. The molecule has 0 bridgehead atoms. The van der Waals surface area contributed by atoms with Gasteiger partial charge in [0.15, 0.2) is 11.5 Å². The van der Waals surface area contributed by atoms with E-state index in [1.54, 1.807) is 18.2 Å². The van der Waals surface area contributed by atoms with Crippen LogP contribution in [0.2, 0.25) is 5.02 Å². The minimum atomic E-state index is -0.470. The number of fused-ring (bicyclic) bond motifs is 1. The first-order valence-electron chi connectivity index (χ1n) is 9.84. The van der Waals surface area contributed by atoms with E-state index in [-0.39, 0.29) is 5.70 Å². The lowest BCUT2D eigenvalue weighted by atomic mass is 10.1. The van der Waals surface area contributed by atoms with Gasteiger partial charge < -0.3 is 14.8 Å². The summed E-state index contributed by atoms with van der Waals surface area (Å²) in [6.07, 6.45) is 1.56. The number of likely N-dealkylation sites (N-methyl/N-ethyl adjacent to an activating group) is 1. The molecular weight excluding hydrogens is 416 g/mol. The van der Waals surface area contributed by atoms with Gasteiger partial charge in [-0.15, -0.1) is 0 Å². The number of carbonyl (C=O) groups excluding carboxylic acids is 2. The molecule has 31 heavy (non-hydrogen) atoms. The van der Waals surface area contributed by atoms with Crippen molar-refractivity contribution < 1.29 is 19.1 Å². The van der Waals surface area contributed by atoms with Gasteiger partial charge in [0.05, 0.1) is 11.6 Å². The molecule has 0 atom stereocenters. The molecule has 0 saturated carbocycles. The third kappa shape index (κ3) is 4.34. The average Bonchev–Trinajstić information content (AvgIpc) is 2.99. The average molecular weight is 437 g/mol. The number of nitrogens with one attached hydrogen (secondary N) is 1. The van der Waals surface area contributed by atoms with Gasteiger partial charge >= 0.3 is 6.03 Å². The van der Waals surface area contributed by atoms with Gasteiger partial charge in [-0.3, -0.25) is 9.69 Å². The second-order valence-electron chi connectivity index (χ2n) is 7.09. The van der Waals surface area contributed by atoms with Crippen molar-refractivity contribution in [3.8, 4) is 11.5 Å². The normalized spacial score (nSPS) is 14.9. The number of nitrogens with zero attached hydrogens (tertiary/aromatic N) is 1. The van der Waals surface area contributed by atoms with Gasteiger partial charge in [0.25, 0.3) is 5.91 Å². The lowest BCUT2D eigenvalue weighted by molar-refractivity contribution is -0.121. The first-order chi connectivity index (χ1) is 15.0. The zero-order valence-corrected chi connectivity index (χ0v) is 17.9. The molecular formula is C24H21ClN2O4. The van der Waals surface area contributed by atoms with E-state index in [2.05, 4.69) is 29.6 Å². The van der Waals surface area contributed by atoms with Gasteiger partial charge in [-0.25, -0.2) is 4.79 Å². The maximum absolute atomic E-state index is 12.1. The fourth-order valence-electron chi connectivity index (χ4n) is 3.35. The van der Waals surface area contributed by atoms with Gasteiger partial charge in [0.2, 0.25) is 0 Å². The molecule has 158 valence electrons. The second-order valence-corrected chi connectivity index (χ2v) is 7.49. The number of ether oxygens (including phenoxy) is 2. The molecule has 1 saturated heterocycles. The highest BCUT2D eigenvalue weighted by molar-refractivity contribution is 6.32. The lowest BCUT2D eigenvalue weighted by Gasteiger charge is -2.15. The summed E-state index contributed by atoms with van der Waals surface area (Å²) in [5.74, 6) is 0.487. The molecule has 1 aliphatic rings. The molecule has 4 rings (SSSR count). The van der Waals surface area contributed by atoms with Crippen LogP contribution in [0.25, 0.3) is 16.8 Å². The van der Waals surface area contributed by atoms with Gasteiger partial charge in [-0.1, -0.05) is 48.0 Å². The molecule has 1 aliphatic heterocycles. The van der Waals surface area contributed by atoms with E-state index >= 15 is 0 Å². The first kappa shape index (κ1) is 20.8. The van der Waals surface area contributed by atoms with Crippen molar-refractivity contribution in [3.63, 3.8) is 0 Å². The highest BCUT2D eigenvalue weighted by Crippen LogP contribution is 2.38. The quantitative estimate of drug-likeness (QED) is 0.436. The largest absolute Gasteiger partial charge is 0.490 e. The number of hydrogen-bond donors (Lipinski definition) is 1. The third-order valence-electron chi connectivity index (χ3n) is 4.92. The minimum Gasteiger partial charge on any atom is -0.490 e. The number of urea groups is 1. The van der Waals surface area contributed by atoms with Crippen LogP contribution in [0.1, 0.15) is 18.1 Å². The fraction of sp³-hybridized carbons (Fsp3) is 0.167. The second kappa shape index (κ2) is 8.70. The Labute approximate surface area is 185 Å². The van der Waals surface area contributed by atoms with Crippen molar-refractivity contribution in [1.29, 1.82) is 0 Å². The molecule has 3 amide bonds. The Hall–Kier alpha value is -3.51. The number of halogens is 1. The Balaban J connectivity index is 1.60. The standard InChI is InChI=1S/C24H21ClN2O4/c1-3-30-21-13-16(12-20-23(28)27(2)24(29)26-20)11-19(25)22(21)31-14-15-8-9-17-6-4-5-7-18(17)10-15/h4-13H,3,14H2,1-2H3,(H,26,29)/b20-12+. The van der Waals surface area contributed by atoms with Crippen LogP contribution in [0.4, 0.5) is 4.79 Å². The van der Waals surface area contributed by atoms with Crippen molar-refractivity contribution in [3.05, 3.63) is 76.4 Å². The van der Waals surface area contributed by atoms with Gasteiger partial charge in [0, 0.05) is 7.05 Å². The number of amides is 3. The maximum Gasteiger partial charge on any atom is 0.328 e. The fourth-order valence-corrected chi connectivity index (χ4v) is 3.62. The molecule has 1 N–H and O–H groups in total. The first-order valence-corrected chi connectivity index (χ1v) is 10.2. The SMILES string of the molecule is CCOc1cc(/C=C2/NC(=O)N(C)C2=O)cc(Cl)c1OCc1ccc2ccccc2c1. The lowest BCUT2D eigenvalue weighted by Crippen LogP contribution is -2.25. The number of hydrogen-bond acceptors (Lipinski definition) is 4. The molecule has 0 aromatic heterocycles. The number of carbonyl (C=O) groups is 2. The summed E-state index contributed by atoms with van der Waals surface area (Å²) in [5.41, 5.74) is 1.80. The molecule has 0 unspecified atom stereocenters. The smallest absolute Gasteiger partial charge is 0.328 e. The number of rotatable bonds is 6. The molecule has 3 aromatic rings. The van der Waals surface area contributed by atoms with Crippen molar-refractivity contribution in [1.82, 2.24) is 10.2 Å². The summed E-state index contributed by atoms with van der Waals surface area (Å²) in [5, 5.41) is 5.18. The van der Waals surface area contributed by atoms with Crippen LogP contribution < -0.4 is 14.8 Å². The minimum absolute atomic E-state index is 0.177. The monoisotopic (exact) mass is 436 g/mol. The van der Waals surface area contributed by atoms with E-state index in [0.29, 0.717) is 35.3 Å². The summed E-state index contributed by atoms with van der Waals surface area (Å²) >= 11 is 6.49. The molecule has 6 nitrogen and oxygen atoms in total. The molecule has 0 spiro atoms. The van der Waals surface area contributed by atoms with Crippen LogP contribution in [-0.4, -0.2) is 30.5 Å². The van der Waals surface area contributed by atoms with Crippen molar-refractivity contribution >= 4 is 40.4 Å². The van der Waals surface area contributed by atoms with Crippen LogP contribution in [0.15, 0.2) is 60.3 Å². The molecule has 0 radical (unpaired) electrons. The van der Waals surface area contributed by atoms with E-state index in [1.807, 2.05) is 25.1 Å². The molecule has 0 aliphatic carbocycles. The predicted molar refractivity (Wildman–Crippen MR) is 120 cm³/mol. The summed E-state index contributed by atoms with van der Waals surface area (Å²) < 4.78 is 11.7. The third-order valence-corrected chi connectivity index (χ3v) is 5.20. The number of imide groups is 1. The van der Waals surface area contributed by atoms with Crippen LogP contribution in [0, 0.1) is 0 Å². The Morgan fingerprint density at radius 2 is 1.81 bits per heavy atom. The molecule has 1 heterocycles. The molecule has 3 aromatic carbocycles. The summed E-state index contributed by atoms with van der Waals surface area (Å²) in [4.78, 5) is 24.8. The Bertz CT molecular complexity index is 1210. The van der Waals surface area contributed by atoms with Gasteiger partial charge in [-0.2, -0.15) is 0 Å². The molecule has 1 fully saturated rings. The Kier molecular flexibility index (Phi) is 5.82. The van der Waals surface area contributed by atoms with Gasteiger partial charge in [-0.05, 0) is 53.1 Å². The van der Waals surface area contributed by atoms with E-state index in [4.69, 9.17) is 21.1 Å². The summed E-state index contributed by atoms with van der Waals surface area (Å²) in [6, 6.07) is 17.2. The van der Waals surface area contributed by atoms with E-state index in [9.17, 15) is 9.59 Å². The van der Waals surface area contributed by atoms with Crippen molar-refractivity contribution in [2.75, 3.05) is 13.7 Å². The van der Waals surface area contributed by atoms with Crippen molar-refractivity contribution in [2.24, 2.45) is 0 Å². The maximum atomic E-state index is 12.1. The molecule has 7 heteroatoms. The van der Waals surface area contributed by atoms with Crippen LogP contribution in [0.5, 0.6) is 11.5 Å². The summed E-state index contributed by atoms with van der Waals surface area (Å²) in [6.45, 7) is 2.60. The zero-order chi connectivity index (χ0) is 22.0. The van der Waals surface area contributed by atoms with Crippen LogP contribution in [-0.2, 0) is 11.4 Å². The van der Waals surface area contributed by atoms with E-state index in [1.165, 1.54) is 7.05 Å². The summed E-state index contributed by atoms with van der Waals surface area (Å²) in [7, 11) is 1.42. The van der Waals surface area contributed by atoms with Gasteiger partial charge in [0.1, 0.15) is 12.3 Å². The predicted octanol–water partition coefficient (Wildman–Crippen LogP) is 4.99. The number of benzene rings is 3. The highest BCUT2D eigenvalue weighted by atomic mass is 35.5. The van der Waals surface area contributed by atoms with Crippen LogP contribution >= 0.6 is 11.6 Å². The highest BCUT2D eigenvalue weighted by Gasteiger charge is 2.30. The topological polar surface area (TPSA) is 67.9 Å². The zero-order valence-electron chi connectivity index (χ0n) is 17.1. The van der Waals surface area contributed by atoms with Crippen molar-refractivity contribution in [2.45, 2.75) is 13.5 Å². The Morgan fingerprint density at radius 3 is 2.52 bits per heavy atom. The van der Waals surface area contributed by atoms with E-state index in [0.717, 1.165) is 21.2 Å². The van der Waals surface area contributed by atoms with Crippen LogP contribution in [0.3, 0.4) is 0 Å². The van der Waals surface area contributed by atoms with E-state index < -0.39 is 11.9 Å².